The average molecular weight is 459 g/mol. The summed E-state index contributed by atoms with van der Waals surface area (Å²) in [5.41, 5.74) is -0.300. The summed E-state index contributed by atoms with van der Waals surface area (Å²) in [5.74, 6) is 2.82. The van der Waals surface area contributed by atoms with E-state index in [2.05, 4.69) is 79.0 Å². The Morgan fingerprint density at radius 2 is 1.36 bits per heavy atom. The quantitative estimate of drug-likeness (QED) is 0.528. The van der Waals surface area contributed by atoms with Gasteiger partial charge in [0.25, 0.3) is 0 Å². The molecule has 0 aromatic heterocycles. The zero-order valence-corrected chi connectivity index (χ0v) is 23.1. The van der Waals surface area contributed by atoms with Crippen molar-refractivity contribution in [3.05, 3.63) is 0 Å². The lowest BCUT2D eigenvalue weighted by Crippen LogP contribution is -2.55. The van der Waals surface area contributed by atoms with E-state index in [1.165, 1.54) is 19.3 Å². The van der Waals surface area contributed by atoms with Crippen molar-refractivity contribution in [2.45, 2.75) is 143 Å². The minimum Gasteiger partial charge on any atom is -0.298 e. The summed E-state index contributed by atoms with van der Waals surface area (Å²) < 4.78 is 0. The number of carbonyl (C=O) groups is 2. The van der Waals surface area contributed by atoms with E-state index in [9.17, 15) is 9.59 Å². The highest BCUT2D eigenvalue weighted by Gasteiger charge is 2.58. The molecule has 4 nitrogen and oxygen atoms in total. The molecule has 4 fully saturated rings. The van der Waals surface area contributed by atoms with Gasteiger partial charge in [-0.15, -0.1) is 0 Å². The summed E-state index contributed by atoms with van der Waals surface area (Å²) in [6.45, 7) is 22.0. The monoisotopic (exact) mass is 458 g/mol. The number of hydrogen-bond acceptors (Lipinski definition) is 4. The Morgan fingerprint density at radius 1 is 0.788 bits per heavy atom. The van der Waals surface area contributed by atoms with Crippen LogP contribution in [0.25, 0.3) is 0 Å². The molecule has 0 spiro atoms. The smallest absolute Gasteiger partial charge is 0.155 e. The van der Waals surface area contributed by atoms with Crippen LogP contribution in [0.15, 0.2) is 0 Å². The third-order valence-corrected chi connectivity index (χ3v) is 9.22. The number of rotatable bonds is 5. The van der Waals surface area contributed by atoms with Gasteiger partial charge < -0.3 is 0 Å². The van der Waals surface area contributed by atoms with Crippen LogP contribution in [0.1, 0.15) is 108 Å². The minimum atomic E-state index is -0.314. The predicted octanol–water partition coefficient (Wildman–Crippen LogP) is 5.73. The van der Waals surface area contributed by atoms with E-state index in [0.29, 0.717) is 35.5 Å². The Bertz CT molecular complexity index is 783. The Hall–Kier alpha value is -0.740. The molecular weight excluding hydrogens is 408 g/mol. The maximum absolute atomic E-state index is 13.7. The number of nitrogens with zero attached hydrogens (tertiary/aromatic N) is 2. The molecule has 2 aliphatic heterocycles. The molecule has 4 rings (SSSR count). The third kappa shape index (κ3) is 4.60. The fraction of sp³-hybridized carbons (Fsp3) is 0.931. The Labute approximate surface area is 203 Å². The van der Waals surface area contributed by atoms with E-state index >= 15 is 0 Å². The minimum absolute atomic E-state index is 0.0205. The van der Waals surface area contributed by atoms with Gasteiger partial charge in [-0.1, -0.05) is 27.7 Å². The fourth-order valence-electron chi connectivity index (χ4n) is 7.95. The molecule has 2 saturated heterocycles. The van der Waals surface area contributed by atoms with E-state index in [1.807, 2.05) is 0 Å². The second kappa shape index (κ2) is 8.15. The molecule has 0 N–H and O–H groups in total. The van der Waals surface area contributed by atoms with Crippen molar-refractivity contribution in [1.29, 1.82) is 0 Å². The van der Waals surface area contributed by atoms with Crippen LogP contribution in [-0.2, 0) is 9.59 Å². The second-order valence-corrected chi connectivity index (χ2v) is 15.0. The van der Waals surface area contributed by atoms with Crippen LogP contribution in [0.3, 0.4) is 0 Å². The van der Waals surface area contributed by atoms with Crippen molar-refractivity contribution in [3.63, 3.8) is 0 Å². The Kier molecular flexibility index (Phi) is 6.26. The molecule has 2 heterocycles. The van der Waals surface area contributed by atoms with Crippen molar-refractivity contribution in [1.82, 2.24) is 9.80 Å². The first-order valence-corrected chi connectivity index (χ1v) is 13.7. The van der Waals surface area contributed by atoms with Gasteiger partial charge in [-0.3, -0.25) is 19.4 Å². The van der Waals surface area contributed by atoms with Gasteiger partial charge in [0.15, 0.2) is 11.6 Å². The fourth-order valence-corrected chi connectivity index (χ4v) is 7.95. The molecule has 4 aliphatic rings. The number of fused-ring (bicyclic) bond motifs is 2. The highest BCUT2D eigenvalue weighted by atomic mass is 16.1. The number of piperidine rings is 1. The van der Waals surface area contributed by atoms with Gasteiger partial charge in [0.2, 0.25) is 0 Å². The molecule has 0 amide bonds. The summed E-state index contributed by atoms with van der Waals surface area (Å²) in [5, 5.41) is 0. The highest BCUT2D eigenvalue weighted by Crippen LogP contribution is 2.53. The number of likely N-dealkylation sites (tertiary alicyclic amines) is 2. The van der Waals surface area contributed by atoms with Crippen molar-refractivity contribution in [2.75, 3.05) is 0 Å². The first kappa shape index (κ1) is 25.4. The molecule has 4 heteroatoms. The molecular formula is C29H50N2O2. The van der Waals surface area contributed by atoms with Crippen molar-refractivity contribution in [2.24, 2.45) is 29.1 Å². The molecule has 2 saturated carbocycles. The summed E-state index contributed by atoms with van der Waals surface area (Å²) in [6.07, 6.45) is 6.74. The summed E-state index contributed by atoms with van der Waals surface area (Å²) in [4.78, 5) is 32.3. The van der Waals surface area contributed by atoms with Gasteiger partial charge in [0.1, 0.15) is 0 Å². The van der Waals surface area contributed by atoms with Crippen LogP contribution in [0.2, 0.25) is 0 Å². The zero-order valence-electron chi connectivity index (χ0n) is 23.1. The van der Waals surface area contributed by atoms with Gasteiger partial charge in [-0.25, -0.2) is 0 Å². The van der Waals surface area contributed by atoms with Crippen molar-refractivity contribution in [3.8, 4) is 0 Å². The van der Waals surface area contributed by atoms with Gasteiger partial charge in [0.05, 0.1) is 12.1 Å². The van der Waals surface area contributed by atoms with Crippen LogP contribution in [0, 0.1) is 29.1 Å². The molecule has 188 valence electrons. The molecule has 33 heavy (non-hydrogen) atoms. The van der Waals surface area contributed by atoms with Crippen LogP contribution in [-0.4, -0.2) is 56.6 Å². The summed E-state index contributed by atoms with van der Waals surface area (Å²) in [6, 6.07) is 1.20. The van der Waals surface area contributed by atoms with Gasteiger partial charge in [-0.2, -0.15) is 0 Å². The number of ketones is 2. The van der Waals surface area contributed by atoms with Gasteiger partial charge in [-0.05, 0) is 97.8 Å². The first-order valence-electron chi connectivity index (χ1n) is 13.7. The van der Waals surface area contributed by atoms with E-state index in [-0.39, 0.29) is 34.5 Å². The van der Waals surface area contributed by atoms with Crippen LogP contribution in [0.5, 0.6) is 0 Å². The molecule has 0 aromatic rings. The first-order chi connectivity index (χ1) is 15.0. The van der Waals surface area contributed by atoms with Gasteiger partial charge >= 0.3 is 0 Å². The lowest BCUT2D eigenvalue weighted by molar-refractivity contribution is -0.134. The third-order valence-electron chi connectivity index (χ3n) is 9.22. The van der Waals surface area contributed by atoms with E-state index in [4.69, 9.17) is 0 Å². The van der Waals surface area contributed by atoms with Crippen LogP contribution >= 0.6 is 0 Å². The highest BCUT2D eigenvalue weighted by molar-refractivity contribution is 5.89. The van der Waals surface area contributed by atoms with Crippen LogP contribution in [0.4, 0.5) is 0 Å². The van der Waals surface area contributed by atoms with E-state index in [0.717, 1.165) is 25.2 Å². The maximum Gasteiger partial charge on any atom is 0.155 e. The standard InChI is InChI=1S/C29H50N2O2/c1-17(25(32)22-16-20-15-21(20)30(22)28(5,6)7)13-18-11-12-19-14-23(26(33)27(2,3)4)31(24(18)19)29(8,9)10/h17-24H,11-16H2,1-10H3/t17?,18?,19-,20-,21-,22+,23+,24-/m1/s1. The molecule has 0 aromatic carbocycles. The normalized spacial score (nSPS) is 38.3. The summed E-state index contributed by atoms with van der Waals surface area (Å²) >= 11 is 0. The Balaban J connectivity index is 1.50. The molecule has 8 atom stereocenters. The van der Waals surface area contributed by atoms with Crippen molar-refractivity contribution < 1.29 is 9.59 Å². The SMILES string of the molecule is CC(CC1CC[C@@H]2C[C@@H](C(=O)C(C)(C)C)N(C(C)(C)C)[C@H]12)C(=O)[C@@H]1C[C@H]2C[C@H]2N1C(C)(C)C. The maximum atomic E-state index is 13.7. The zero-order chi connectivity index (χ0) is 24.7. The molecule has 0 bridgehead atoms. The number of Topliss-reactive ketones (excluding diaryl/α,β-unsaturated/α-hetero) is 2. The second-order valence-electron chi connectivity index (χ2n) is 15.0. The largest absolute Gasteiger partial charge is 0.298 e. The average Bonchev–Trinajstić information content (AvgIpc) is 3.01. The van der Waals surface area contributed by atoms with Crippen molar-refractivity contribution >= 4 is 11.6 Å². The Morgan fingerprint density at radius 3 is 1.91 bits per heavy atom. The number of carbonyl (C=O) groups excluding carboxylic acids is 2. The summed E-state index contributed by atoms with van der Waals surface area (Å²) in [7, 11) is 0. The molecule has 2 aliphatic carbocycles. The topological polar surface area (TPSA) is 40.6 Å². The molecule has 0 radical (unpaired) electrons. The van der Waals surface area contributed by atoms with E-state index < -0.39 is 0 Å². The lowest BCUT2D eigenvalue weighted by atomic mass is 9.83. The van der Waals surface area contributed by atoms with Gasteiger partial charge in [0, 0.05) is 34.5 Å². The molecule has 2 unspecified atom stereocenters. The predicted molar refractivity (Wildman–Crippen MR) is 135 cm³/mol. The lowest BCUT2D eigenvalue weighted by Gasteiger charge is -2.44. The van der Waals surface area contributed by atoms with E-state index in [1.54, 1.807) is 0 Å². The van der Waals surface area contributed by atoms with Crippen LogP contribution < -0.4 is 0 Å². The number of hydrogen-bond donors (Lipinski definition) is 0.